The van der Waals surface area contributed by atoms with Crippen LogP contribution in [0.2, 0.25) is 0 Å². The van der Waals surface area contributed by atoms with Crippen LogP contribution in [0, 0.1) is 0 Å². The van der Waals surface area contributed by atoms with Gasteiger partial charge in [-0.1, -0.05) is 18.6 Å². The van der Waals surface area contributed by atoms with Crippen LogP contribution in [0.1, 0.15) is 52.6 Å². The third-order valence-corrected chi connectivity index (χ3v) is 7.61. The Balaban J connectivity index is 1.46. The van der Waals surface area contributed by atoms with Crippen LogP contribution in [0.3, 0.4) is 0 Å². The van der Waals surface area contributed by atoms with Crippen molar-refractivity contribution in [3.63, 3.8) is 0 Å². The Hall–Kier alpha value is -1.67. The minimum absolute atomic E-state index is 0.00279. The van der Waals surface area contributed by atoms with E-state index in [1.807, 2.05) is 35.7 Å². The zero-order valence-corrected chi connectivity index (χ0v) is 16.9. The number of hydrazine groups is 1. The maximum atomic E-state index is 12.2. The molecule has 8 heteroatoms. The zero-order valence-electron chi connectivity index (χ0n) is 15.2. The highest BCUT2D eigenvalue weighted by atomic mass is 32.2. The number of hydrogen-bond acceptors (Lipinski definition) is 5. The molecular formula is C19H25N3O3S2. The third-order valence-electron chi connectivity index (χ3n) is 4.59. The van der Waals surface area contributed by atoms with Gasteiger partial charge < -0.3 is 4.90 Å². The van der Waals surface area contributed by atoms with Crippen molar-refractivity contribution in [2.75, 3.05) is 24.6 Å². The van der Waals surface area contributed by atoms with Crippen molar-refractivity contribution < 1.29 is 14.4 Å². The normalized spacial score (nSPS) is 18.7. The molecule has 2 heterocycles. The van der Waals surface area contributed by atoms with Crippen molar-refractivity contribution in [1.82, 2.24) is 15.8 Å². The summed E-state index contributed by atoms with van der Waals surface area (Å²) in [6, 6.07) is 7.51. The smallest absolute Gasteiger partial charge is 0.269 e. The molecule has 146 valence electrons. The summed E-state index contributed by atoms with van der Waals surface area (Å²) in [5.74, 6) is 1.60. The van der Waals surface area contributed by atoms with E-state index in [0.717, 1.165) is 19.3 Å². The van der Waals surface area contributed by atoms with Crippen LogP contribution in [-0.4, -0.2) is 47.2 Å². The van der Waals surface area contributed by atoms with Gasteiger partial charge in [0.05, 0.1) is 4.58 Å². The molecule has 0 unspecified atom stereocenters. The lowest BCUT2D eigenvalue weighted by molar-refractivity contribution is -0.135. The van der Waals surface area contributed by atoms with Crippen molar-refractivity contribution in [3.05, 3.63) is 35.4 Å². The summed E-state index contributed by atoms with van der Waals surface area (Å²) in [6.07, 6.45) is 4.53. The number of likely N-dealkylation sites (tertiary alicyclic amines) is 1. The number of benzene rings is 1. The fourth-order valence-electron chi connectivity index (χ4n) is 3.09. The Morgan fingerprint density at radius 3 is 2.48 bits per heavy atom. The summed E-state index contributed by atoms with van der Waals surface area (Å²) in [6.45, 7) is 0.576. The maximum Gasteiger partial charge on any atom is 0.269 e. The van der Waals surface area contributed by atoms with E-state index in [4.69, 9.17) is 0 Å². The minimum atomic E-state index is -0.384. The molecular weight excluding hydrogens is 382 g/mol. The lowest BCUT2D eigenvalue weighted by Gasteiger charge is -2.21. The van der Waals surface area contributed by atoms with Crippen LogP contribution in [0.4, 0.5) is 0 Å². The summed E-state index contributed by atoms with van der Waals surface area (Å²) >= 11 is 3.87. The number of rotatable bonds is 4. The average Bonchev–Trinajstić information content (AvgIpc) is 2.91. The van der Waals surface area contributed by atoms with E-state index in [1.165, 1.54) is 23.5 Å². The van der Waals surface area contributed by atoms with Crippen LogP contribution in [0.5, 0.6) is 0 Å². The first-order valence-electron chi connectivity index (χ1n) is 9.33. The van der Waals surface area contributed by atoms with Crippen molar-refractivity contribution in [2.45, 2.75) is 36.7 Å². The SMILES string of the molecule is O=C(CN1CCCCCC1=O)NNC(=O)c1ccc(C2SCCCS2)cc1. The predicted molar refractivity (Wildman–Crippen MR) is 109 cm³/mol. The number of carbonyl (C=O) groups excluding carboxylic acids is 3. The molecule has 2 aliphatic rings. The number of nitrogens with one attached hydrogen (secondary N) is 2. The fraction of sp³-hybridized carbons (Fsp3) is 0.526. The molecule has 0 radical (unpaired) electrons. The van der Waals surface area contributed by atoms with E-state index in [0.29, 0.717) is 23.1 Å². The first-order valence-corrected chi connectivity index (χ1v) is 11.4. The largest absolute Gasteiger partial charge is 0.333 e. The zero-order chi connectivity index (χ0) is 19.1. The van der Waals surface area contributed by atoms with Crippen LogP contribution in [0.25, 0.3) is 0 Å². The van der Waals surface area contributed by atoms with Crippen molar-refractivity contribution in [3.8, 4) is 0 Å². The molecule has 1 aromatic carbocycles. The Morgan fingerprint density at radius 1 is 1.00 bits per heavy atom. The summed E-state index contributed by atoms with van der Waals surface area (Å²) in [4.78, 5) is 37.8. The molecule has 0 atom stereocenters. The molecule has 2 N–H and O–H groups in total. The van der Waals surface area contributed by atoms with Gasteiger partial charge in [-0.2, -0.15) is 0 Å². The first kappa shape index (κ1) is 20.1. The molecule has 6 nitrogen and oxygen atoms in total. The Bertz CT molecular complexity index is 675. The standard InChI is InChI=1S/C19H25N3O3S2/c23-16(13-22-10-3-1-2-5-17(22)24)20-21-18(25)14-6-8-15(9-7-14)19-26-11-4-12-27-19/h6-9,19H,1-5,10-13H2,(H,20,23)(H,21,25). The van der Waals surface area contributed by atoms with E-state index >= 15 is 0 Å². The molecule has 2 fully saturated rings. The number of thioether (sulfide) groups is 2. The first-order chi connectivity index (χ1) is 13.1. The lowest BCUT2D eigenvalue weighted by atomic mass is 10.1. The summed E-state index contributed by atoms with van der Waals surface area (Å²) in [5.41, 5.74) is 6.55. The van der Waals surface area contributed by atoms with Gasteiger partial charge in [-0.15, -0.1) is 23.5 Å². The monoisotopic (exact) mass is 407 g/mol. The van der Waals surface area contributed by atoms with E-state index < -0.39 is 0 Å². The van der Waals surface area contributed by atoms with Gasteiger partial charge in [0, 0.05) is 18.5 Å². The Kier molecular flexibility index (Phi) is 7.46. The van der Waals surface area contributed by atoms with Crippen LogP contribution < -0.4 is 10.9 Å². The molecule has 27 heavy (non-hydrogen) atoms. The van der Waals surface area contributed by atoms with Gasteiger partial charge in [0.15, 0.2) is 0 Å². The second-order valence-corrected chi connectivity index (χ2v) is 9.40. The third kappa shape index (κ3) is 5.90. The van der Waals surface area contributed by atoms with E-state index in [9.17, 15) is 14.4 Å². The maximum absolute atomic E-state index is 12.2. The second kappa shape index (κ2) is 10.0. The Morgan fingerprint density at radius 2 is 1.74 bits per heavy atom. The number of hydrogen-bond donors (Lipinski definition) is 2. The summed E-state index contributed by atoms with van der Waals surface area (Å²) < 4.78 is 0.432. The molecule has 0 spiro atoms. The molecule has 2 aliphatic heterocycles. The molecule has 3 amide bonds. The van der Waals surface area contributed by atoms with Crippen LogP contribution >= 0.6 is 23.5 Å². The van der Waals surface area contributed by atoms with Crippen LogP contribution in [-0.2, 0) is 9.59 Å². The van der Waals surface area contributed by atoms with Crippen molar-refractivity contribution >= 4 is 41.2 Å². The molecule has 0 bridgehead atoms. The van der Waals surface area contributed by atoms with Gasteiger partial charge in [0.1, 0.15) is 6.54 Å². The number of carbonyl (C=O) groups is 3. The second-order valence-electron chi connectivity index (χ2n) is 6.68. The van der Waals surface area contributed by atoms with Crippen LogP contribution in [0.15, 0.2) is 24.3 Å². The quantitative estimate of drug-likeness (QED) is 0.751. The van der Waals surface area contributed by atoms with E-state index in [-0.39, 0.29) is 24.3 Å². The molecule has 2 saturated heterocycles. The number of amides is 3. The van der Waals surface area contributed by atoms with Gasteiger partial charge in [0.25, 0.3) is 11.8 Å². The van der Waals surface area contributed by atoms with Gasteiger partial charge in [-0.25, -0.2) is 0 Å². The van der Waals surface area contributed by atoms with Gasteiger partial charge >= 0.3 is 0 Å². The average molecular weight is 408 g/mol. The lowest BCUT2D eigenvalue weighted by Crippen LogP contribution is -2.47. The fourth-order valence-corrected chi connectivity index (χ4v) is 5.98. The Labute approximate surface area is 168 Å². The molecule has 3 rings (SSSR count). The van der Waals surface area contributed by atoms with E-state index in [1.54, 1.807) is 17.0 Å². The predicted octanol–water partition coefficient (Wildman–Crippen LogP) is 2.72. The van der Waals surface area contributed by atoms with Gasteiger partial charge in [-0.3, -0.25) is 25.2 Å². The molecule has 0 aromatic heterocycles. The summed E-state index contributed by atoms with van der Waals surface area (Å²) in [7, 11) is 0. The number of nitrogens with zero attached hydrogens (tertiary/aromatic N) is 1. The highest BCUT2D eigenvalue weighted by molar-refractivity contribution is 8.16. The summed E-state index contributed by atoms with van der Waals surface area (Å²) in [5, 5.41) is 0. The highest BCUT2D eigenvalue weighted by Gasteiger charge is 2.20. The van der Waals surface area contributed by atoms with Gasteiger partial charge in [-0.05, 0) is 48.5 Å². The van der Waals surface area contributed by atoms with E-state index in [2.05, 4.69) is 10.9 Å². The van der Waals surface area contributed by atoms with Crippen molar-refractivity contribution in [1.29, 1.82) is 0 Å². The van der Waals surface area contributed by atoms with Gasteiger partial charge in [0.2, 0.25) is 5.91 Å². The highest BCUT2D eigenvalue weighted by Crippen LogP contribution is 2.43. The van der Waals surface area contributed by atoms with Crippen molar-refractivity contribution in [2.24, 2.45) is 0 Å². The molecule has 1 aromatic rings. The topological polar surface area (TPSA) is 78.5 Å². The molecule has 0 saturated carbocycles. The molecule has 0 aliphatic carbocycles. The minimum Gasteiger partial charge on any atom is -0.333 e.